The Bertz CT molecular complexity index is 441. The van der Waals surface area contributed by atoms with Gasteiger partial charge >= 0.3 is 0 Å². The Balaban J connectivity index is 1.96. The van der Waals surface area contributed by atoms with Gasteiger partial charge in [0.05, 0.1) is 4.47 Å². The SMILES string of the molecule is CC1CCC(C(=O)Nc2ccc(Br)c(F)c2)CC1. The van der Waals surface area contributed by atoms with Crippen molar-refractivity contribution in [3.8, 4) is 0 Å². The summed E-state index contributed by atoms with van der Waals surface area (Å²) >= 11 is 3.09. The molecule has 0 saturated heterocycles. The van der Waals surface area contributed by atoms with Crippen LogP contribution in [0, 0.1) is 17.7 Å². The molecule has 0 atom stereocenters. The van der Waals surface area contributed by atoms with Crippen LogP contribution < -0.4 is 5.32 Å². The maximum absolute atomic E-state index is 13.3. The molecule has 1 aliphatic rings. The molecular formula is C14H17BrFNO. The van der Waals surface area contributed by atoms with E-state index < -0.39 is 0 Å². The van der Waals surface area contributed by atoms with E-state index in [0.717, 1.165) is 31.6 Å². The summed E-state index contributed by atoms with van der Waals surface area (Å²) in [5, 5.41) is 2.79. The van der Waals surface area contributed by atoms with Gasteiger partial charge in [-0.05, 0) is 65.7 Å². The van der Waals surface area contributed by atoms with E-state index in [1.54, 1.807) is 12.1 Å². The van der Waals surface area contributed by atoms with Gasteiger partial charge in [-0.3, -0.25) is 4.79 Å². The molecule has 18 heavy (non-hydrogen) atoms. The number of hydrogen-bond acceptors (Lipinski definition) is 1. The highest BCUT2D eigenvalue weighted by atomic mass is 79.9. The highest BCUT2D eigenvalue weighted by Gasteiger charge is 2.24. The molecule has 0 aromatic heterocycles. The van der Waals surface area contributed by atoms with Crippen molar-refractivity contribution < 1.29 is 9.18 Å². The Labute approximate surface area is 115 Å². The van der Waals surface area contributed by atoms with Crippen molar-refractivity contribution in [1.82, 2.24) is 0 Å². The number of nitrogens with one attached hydrogen (secondary N) is 1. The Kier molecular flexibility index (Phi) is 4.38. The van der Waals surface area contributed by atoms with Crippen molar-refractivity contribution in [2.45, 2.75) is 32.6 Å². The molecule has 2 nitrogen and oxygen atoms in total. The number of benzene rings is 1. The average Bonchev–Trinajstić information content (AvgIpc) is 2.34. The van der Waals surface area contributed by atoms with Crippen LogP contribution in [0.5, 0.6) is 0 Å². The fraction of sp³-hybridized carbons (Fsp3) is 0.500. The molecule has 98 valence electrons. The molecule has 1 amide bonds. The molecule has 1 aliphatic carbocycles. The molecule has 0 radical (unpaired) electrons. The van der Waals surface area contributed by atoms with E-state index in [0.29, 0.717) is 10.2 Å². The molecule has 1 aromatic carbocycles. The summed E-state index contributed by atoms with van der Waals surface area (Å²) in [7, 11) is 0. The first-order valence-electron chi connectivity index (χ1n) is 6.32. The summed E-state index contributed by atoms with van der Waals surface area (Å²) in [6, 6.07) is 4.65. The van der Waals surface area contributed by atoms with Crippen molar-refractivity contribution in [3.05, 3.63) is 28.5 Å². The van der Waals surface area contributed by atoms with Gasteiger partial charge in [-0.1, -0.05) is 6.92 Å². The van der Waals surface area contributed by atoms with Crippen LogP contribution in [0.15, 0.2) is 22.7 Å². The number of rotatable bonds is 2. The molecule has 0 heterocycles. The minimum atomic E-state index is -0.356. The van der Waals surface area contributed by atoms with Crippen LogP contribution >= 0.6 is 15.9 Å². The minimum Gasteiger partial charge on any atom is -0.326 e. The molecule has 0 unspecified atom stereocenters. The van der Waals surface area contributed by atoms with Crippen LogP contribution in [0.3, 0.4) is 0 Å². The number of hydrogen-bond donors (Lipinski definition) is 1. The number of halogens is 2. The summed E-state index contributed by atoms with van der Waals surface area (Å²) in [5.41, 5.74) is 0.527. The topological polar surface area (TPSA) is 29.1 Å². The zero-order valence-corrected chi connectivity index (χ0v) is 12.0. The zero-order valence-electron chi connectivity index (χ0n) is 10.4. The van der Waals surface area contributed by atoms with E-state index in [-0.39, 0.29) is 17.6 Å². The van der Waals surface area contributed by atoms with E-state index in [1.165, 1.54) is 6.07 Å². The van der Waals surface area contributed by atoms with Gasteiger partial charge in [-0.2, -0.15) is 0 Å². The molecule has 0 bridgehead atoms. The highest BCUT2D eigenvalue weighted by molar-refractivity contribution is 9.10. The van der Waals surface area contributed by atoms with Gasteiger partial charge in [0.2, 0.25) is 5.91 Å². The second-order valence-corrected chi connectivity index (χ2v) is 5.93. The van der Waals surface area contributed by atoms with Crippen LogP contribution in [-0.4, -0.2) is 5.91 Å². The van der Waals surface area contributed by atoms with Gasteiger partial charge in [-0.15, -0.1) is 0 Å². The van der Waals surface area contributed by atoms with Gasteiger partial charge < -0.3 is 5.32 Å². The standard InChI is InChI=1S/C14H17BrFNO/c1-9-2-4-10(5-3-9)14(18)17-11-6-7-12(15)13(16)8-11/h6-10H,2-5H2,1H3,(H,17,18). The van der Waals surface area contributed by atoms with Crippen LogP contribution in [0.1, 0.15) is 32.6 Å². The lowest BCUT2D eigenvalue weighted by atomic mass is 9.82. The van der Waals surface area contributed by atoms with Crippen LogP contribution in [-0.2, 0) is 4.79 Å². The number of amides is 1. The lowest BCUT2D eigenvalue weighted by molar-refractivity contribution is -0.121. The number of carbonyl (C=O) groups excluding carboxylic acids is 1. The Morgan fingerprint density at radius 3 is 2.61 bits per heavy atom. The smallest absolute Gasteiger partial charge is 0.227 e. The fourth-order valence-corrected chi connectivity index (χ4v) is 2.59. The maximum Gasteiger partial charge on any atom is 0.227 e. The van der Waals surface area contributed by atoms with E-state index in [4.69, 9.17) is 0 Å². The summed E-state index contributed by atoms with van der Waals surface area (Å²) in [5.74, 6) is 0.459. The van der Waals surface area contributed by atoms with E-state index in [9.17, 15) is 9.18 Å². The van der Waals surface area contributed by atoms with Crippen molar-refractivity contribution in [3.63, 3.8) is 0 Å². The quantitative estimate of drug-likeness (QED) is 0.864. The number of carbonyl (C=O) groups is 1. The first-order valence-corrected chi connectivity index (χ1v) is 7.11. The normalized spacial score (nSPS) is 23.7. The molecule has 1 aromatic rings. The van der Waals surface area contributed by atoms with Gasteiger partial charge in [0.25, 0.3) is 0 Å². The van der Waals surface area contributed by atoms with Gasteiger partial charge in [0.15, 0.2) is 0 Å². The van der Waals surface area contributed by atoms with Crippen molar-refractivity contribution >= 4 is 27.5 Å². The third kappa shape index (κ3) is 3.31. The molecule has 1 fully saturated rings. The predicted molar refractivity (Wildman–Crippen MR) is 73.9 cm³/mol. The third-order valence-corrected chi connectivity index (χ3v) is 4.22. The second-order valence-electron chi connectivity index (χ2n) is 5.07. The van der Waals surface area contributed by atoms with E-state index in [1.807, 2.05) is 0 Å². The summed E-state index contributed by atoms with van der Waals surface area (Å²) in [6.07, 6.45) is 4.08. The summed E-state index contributed by atoms with van der Waals surface area (Å²) in [6.45, 7) is 2.22. The van der Waals surface area contributed by atoms with Crippen molar-refractivity contribution in [2.75, 3.05) is 5.32 Å². The van der Waals surface area contributed by atoms with Crippen LogP contribution in [0.4, 0.5) is 10.1 Å². The molecule has 0 aliphatic heterocycles. The third-order valence-electron chi connectivity index (χ3n) is 3.57. The van der Waals surface area contributed by atoms with Crippen molar-refractivity contribution in [2.24, 2.45) is 11.8 Å². The molecule has 2 rings (SSSR count). The molecule has 4 heteroatoms. The van der Waals surface area contributed by atoms with Crippen LogP contribution in [0.2, 0.25) is 0 Å². The average molecular weight is 314 g/mol. The number of anilines is 1. The van der Waals surface area contributed by atoms with Crippen LogP contribution in [0.25, 0.3) is 0 Å². The fourth-order valence-electron chi connectivity index (χ4n) is 2.34. The first kappa shape index (κ1) is 13.5. The monoisotopic (exact) mass is 313 g/mol. The Morgan fingerprint density at radius 2 is 2.00 bits per heavy atom. The largest absolute Gasteiger partial charge is 0.326 e. The lowest BCUT2D eigenvalue weighted by Crippen LogP contribution is -2.26. The first-order chi connectivity index (χ1) is 8.56. The molecule has 0 spiro atoms. The summed E-state index contributed by atoms with van der Waals surface area (Å²) < 4.78 is 13.7. The molecule has 1 N–H and O–H groups in total. The zero-order chi connectivity index (χ0) is 13.1. The Hall–Kier alpha value is -0.900. The van der Waals surface area contributed by atoms with E-state index in [2.05, 4.69) is 28.2 Å². The van der Waals surface area contributed by atoms with Gasteiger partial charge in [0, 0.05) is 11.6 Å². The predicted octanol–water partition coefficient (Wildman–Crippen LogP) is 4.35. The summed E-state index contributed by atoms with van der Waals surface area (Å²) in [4.78, 5) is 12.0. The van der Waals surface area contributed by atoms with Gasteiger partial charge in [0.1, 0.15) is 5.82 Å². The second kappa shape index (κ2) is 5.83. The maximum atomic E-state index is 13.3. The molecular weight excluding hydrogens is 297 g/mol. The highest BCUT2D eigenvalue weighted by Crippen LogP contribution is 2.29. The minimum absolute atomic E-state index is 0.0172. The lowest BCUT2D eigenvalue weighted by Gasteiger charge is -2.25. The Morgan fingerprint density at radius 1 is 1.33 bits per heavy atom. The molecule has 1 saturated carbocycles. The van der Waals surface area contributed by atoms with Gasteiger partial charge in [-0.25, -0.2) is 4.39 Å². The van der Waals surface area contributed by atoms with Crippen molar-refractivity contribution in [1.29, 1.82) is 0 Å². The van der Waals surface area contributed by atoms with E-state index >= 15 is 0 Å².